The molecule has 1 aliphatic heterocycles. The first kappa shape index (κ1) is 16.8. The molecule has 1 heterocycles. The molecular weight excluding hydrogens is 365 g/mol. The SMILES string of the molecule is O=C1c2cc3ccccc3cc2S(=O)(=O)C1c1cccc(C(F)(F)F)c1. The van der Waals surface area contributed by atoms with E-state index in [9.17, 15) is 26.4 Å². The fourth-order valence-electron chi connectivity index (χ4n) is 3.27. The first-order chi connectivity index (χ1) is 12.2. The molecule has 1 atom stereocenters. The van der Waals surface area contributed by atoms with Gasteiger partial charge in [0.25, 0.3) is 0 Å². The summed E-state index contributed by atoms with van der Waals surface area (Å²) >= 11 is 0. The number of benzene rings is 3. The number of fused-ring (bicyclic) bond motifs is 2. The number of ketones is 1. The molecule has 0 spiro atoms. The summed E-state index contributed by atoms with van der Waals surface area (Å²) < 4.78 is 64.7. The summed E-state index contributed by atoms with van der Waals surface area (Å²) in [6.45, 7) is 0. The lowest BCUT2D eigenvalue weighted by Gasteiger charge is -2.12. The molecule has 0 aromatic heterocycles. The number of sulfone groups is 1. The third-order valence-corrected chi connectivity index (χ3v) is 6.54. The summed E-state index contributed by atoms with van der Waals surface area (Å²) in [6, 6.07) is 13.8. The lowest BCUT2D eigenvalue weighted by Crippen LogP contribution is -2.15. The monoisotopic (exact) mass is 376 g/mol. The molecule has 0 saturated carbocycles. The molecule has 0 aliphatic carbocycles. The Morgan fingerprint density at radius 1 is 0.846 bits per heavy atom. The van der Waals surface area contributed by atoms with Crippen molar-refractivity contribution in [2.75, 3.05) is 0 Å². The highest BCUT2D eigenvalue weighted by atomic mass is 32.2. The number of hydrogen-bond donors (Lipinski definition) is 0. The molecule has 0 amide bonds. The van der Waals surface area contributed by atoms with Gasteiger partial charge in [-0.25, -0.2) is 8.42 Å². The van der Waals surface area contributed by atoms with Crippen LogP contribution in [0.2, 0.25) is 0 Å². The molecule has 3 aromatic rings. The Morgan fingerprint density at radius 2 is 1.50 bits per heavy atom. The third-order valence-electron chi connectivity index (χ3n) is 4.49. The summed E-state index contributed by atoms with van der Waals surface area (Å²) in [5.41, 5.74) is -1.14. The van der Waals surface area contributed by atoms with Gasteiger partial charge in [-0.15, -0.1) is 0 Å². The van der Waals surface area contributed by atoms with Gasteiger partial charge < -0.3 is 0 Å². The summed E-state index contributed by atoms with van der Waals surface area (Å²) in [7, 11) is -4.12. The second kappa shape index (κ2) is 5.41. The van der Waals surface area contributed by atoms with Crippen molar-refractivity contribution in [3.05, 3.63) is 77.4 Å². The smallest absolute Gasteiger partial charge is 0.292 e. The normalized spacial score (nSPS) is 18.9. The largest absolute Gasteiger partial charge is 0.416 e. The van der Waals surface area contributed by atoms with Crippen LogP contribution >= 0.6 is 0 Å². The van der Waals surface area contributed by atoms with Crippen molar-refractivity contribution in [1.82, 2.24) is 0 Å². The van der Waals surface area contributed by atoms with Crippen molar-refractivity contribution < 1.29 is 26.4 Å². The van der Waals surface area contributed by atoms with Gasteiger partial charge in [-0.1, -0.05) is 42.5 Å². The average molecular weight is 376 g/mol. The van der Waals surface area contributed by atoms with E-state index in [2.05, 4.69) is 0 Å². The van der Waals surface area contributed by atoms with Crippen molar-refractivity contribution in [1.29, 1.82) is 0 Å². The first-order valence-electron chi connectivity index (χ1n) is 7.67. The minimum absolute atomic E-state index is 0.0195. The van der Waals surface area contributed by atoms with Crippen molar-refractivity contribution >= 4 is 26.4 Å². The minimum Gasteiger partial charge on any atom is -0.292 e. The van der Waals surface area contributed by atoms with Crippen LogP contribution < -0.4 is 0 Å². The molecule has 1 aliphatic rings. The van der Waals surface area contributed by atoms with Gasteiger partial charge in [-0.2, -0.15) is 13.2 Å². The Morgan fingerprint density at radius 3 is 2.15 bits per heavy atom. The molecule has 0 saturated heterocycles. The molecule has 26 heavy (non-hydrogen) atoms. The lowest BCUT2D eigenvalue weighted by molar-refractivity contribution is -0.137. The van der Waals surface area contributed by atoms with E-state index in [0.29, 0.717) is 10.8 Å². The van der Waals surface area contributed by atoms with Crippen LogP contribution in [0.25, 0.3) is 10.8 Å². The van der Waals surface area contributed by atoms with Gasteiger partial charge in [0.15, 0.2) is 20.9 Å². The Balaban J connectivity index is 1.92. The zero-order chi connectivity index (χ0) is 18.7. The van der Waals surface area contributed by atoms with Gasteiger partial charge in [0.2, 0.25) is 0 Å². The Labute approximate surface area is 147 Å². The van der Waals surface area contributed by atoms with Crippen LogP contribution in [0.15, 0.2) is 65.6 Å². The molecule has 132 valence electrons. The van der Waals surface area contributed by atoms with Gasteiger partial charge >= 0.3 is 6.18 Å². The van der Waals surface area contributed by atoms with Crippen LogP contribution in [-0.4, -0.2) is 14.2 Å². The summed E-state index contributed by atoms with van der Waals surface area (Å²) in [5, 5.41) is -0.316. The van der Waals surface area contributed by atoms with Gasteiger partial charge in [0, 0.05) is 5.56 Å². The Bertz CT molecular complexity index is 1160. The van der Waals surface area contributed by atoms with Gasteiger partial charge in [0.1, 0.15) is 0 Å². The van der Waals surface area contributed by atoms with E-state index < -0.39 is 32.6 Å². The van der Waals surface area contributed by atoms with Crippen LogP contribution in [0, 0.1) is 0 Å². The average Bonchev–Trinajstić information content (AvgIpc) is 2.78. The zero-order valence-electron chi connectivity index (χ0n) is 13.1. The van der Waals surface area contributed by atoms with E-state index >= 15 is 0 Å². The molecule has 0 radical (unpaired) electrons. The molecule has 7 heteroatoms. The second-order valence-corrected chi connectivity index (χ2v) is 8.11. The molecule has 3 nitrogen and oxygen atoms in total. The molecule has 0 N–H and O–H groups in total. The number of Topliss-reactive ketones (excluding diaryl/α,β-unsaturated/α-hetero) is 1. The number of rotatable bonds is 1. The second-order valence-electron chi connectivity index (χ2n) is 6.11. The highest BCUT2D eigenvalue weighted by Gasteiger charge is 2.46. The van der Waals surface area contributed by atoms with Crippen LogP contribution in [0.1, 0.15) is 26.7 Å². The highest BCUT2D eigenvalue weighted by Crippen LogP contribution is 2.43. The predicted molar refractivity (Wildman–Crippen MR) is 89.6 cm³/mol. The van der Waals surface area contributed by atoms with E-state index in [1.54, 1.807) is 24.3 Å². The topological polar surface area (TPSA) is 51.2 Å². The van der Waals surface area contributed by atoms with E-state index in [1.807, 2.05) is 0 Å². The number of carbonyl (C=O) groups excluding carboxylic acids is 1. The third kappa shape index (κ3) is 2.42. The van der Waals surface area contributed by atoms with E-state index in [-0.39, 0.29) is 16.0 Å². The number of hydrogen-bond acceptors (Lipinski definition) is 3. The maximum absolute atomic E-state index is 13.0. The summed E-state index contributed by atoms with van der Waals surface area (Å²) in [5.74, 6) is -0.704. The molecular formula is C19H11F3O3S. The summed E-state index contributed by atoms with van der Waals surface area (Å²) in [4.78, 5) is 12.6. The quantitative estimate of drug-likeness (QED) is 0.625. The van der Waals surface area contributed by atoms with E-state index in [1.165, 1.54) is 18.2 Å². The van der Waals surface area contributed by atoms with E-state index in [0.717, 1.165) is 18.2 Å². The molecule has 3 aromatic carbocycles. The first-order valence-corrected chi connectivity index (χ1v) is 9.22. The predicted octanol–water partition coefficient (Wildman–Crippen LogP) is 4.57. The van der Waals surface area contributed by atoms with Crippen molar-refractivity contribution in [3.63, 3.8) is 0 Å². The van der Waals surface area contributed by atoms with Crippen molar-refractivity contribution in [3.8, 4) is 0 Å². The van der Waals surface area contributed by atoms with Crippen LogP contribution in [-0.2, 0) is 16.0 Å². The zero-order valence-corrected chi connectivity index (χ0v) is 13.9. The van der Waals surface area contributed by atoms with Crippen LogP contribution in [0.3, 0.4) is 0 Å². The maximum Gasteiger partial charge on any atom is 0.416 e. The van der Waals surface area contributed by atoms with Crippen LogP contribution in [0.4, 0.5) is 13.2 Å². The summed E-state index contributed by atoms with van der Waals surface area (Å²) in [6.07, 6.45) is -4.62. The van der Waals surface area contributed by atoms with Gasteiger partial charge in [0.05, 0.1) is 10.5 Å². The Kier molecular flexibility index (Phi) is 3.49. The number of carbonyl (C=O) groups is 1. The molecule has 0 fully saturated rings. The molecule has 1 unspecified atom stereocenters. The van der Waals surface area contributed by atoms with Crippen molar-refractivity contribution in [2.24, 2.45) is 0 Å². The van der Waals surface area contributed by atoms with Crippen molar-refractivity contribution in [2.45, 2.75) is 16.3 Å². The number of alkyl halides is 3. The van der Waals surface area contributed by atoms with Gasteiger partial charge in [-0.3, -0.25) is 4.79 Å². The lowest BCUT2D eigenvalue weighted by atomic mass is 9.99. The van der Waals surface area contributed by atoms with E-state index in [4.69, 9.17) is 0 Å². The van der Waals surface area contributed by atoms with Gasteiger partial charge in [-0.05, 0) is 34.5 Å². The number of halogens is 3. The fraction of sp³-hybridized carbons (Fsp3) is 0.105. The Hall–Kier alpha value is -2.67. The standard InChI is InChI=1S/C19H11F3O3S/c20-19(21,22)14-7-3-6-13(8-14)18-17(23)15-9-11-4-1-2-5-12(11)10-16(15)26(18,24)25/h1-10,18H. The highest BCUT2D eigenvalue weighted by molar-refractivity contribution is 7.93. The minimum atomic E-state index is -4.62. The fourth-order valence-corrected chi connectivity index (χ4v) is 5.19. The molecule has 4 rings (SSSR count). The molecule has 0 bridgehead atoms. The van der Waals surface area contributed by atoms with Crippen LogP contribution in [0.5, 0.6) is 0 Å². The maximum atomic E-state index is 13.0.